The van der Waals surface area contributed by atoms with Crippen LogP contribution in [0.3, 0.4) is 0 Å². The van der Waals surface area contributed by atoms with Gasteiger partial charge in [0, 0.05) is 11.2 Å². The predicted molar refractivity (Wildman–Crippen MR) is 53.9 cm³/mol. The highest BCUT2D eigenvalue weighted by atomic mass is 32.2. The molecule has 1 aromatic rings. The molecule has 0 N–H and O–H groups in total. The first-order chi connectivity index (χ1) is 6.29. The fourth-order valence-corrected chi connectivity index (χ4v) is 1.48. The van der Waals surface area contributed by atoms with Gasteiger partial charge in [0.1, 0.15) is 0 Å². The summed E-state index contributed by atoms with van der Waals surface area (Å²) in [5, 5.41) is 11.4. The minimum atomic E-state index is -0.460. The van der Waals surface area contributed by atoms with Crippen LogP contribution in [0.15, 0.2) is 41.9 Å². The van der Waals surface area contributed by atoms with Crippen molar-refractivity contribution in [2.75, 3.05) is 0 Å². The summed E-state index contributed by atoms with van der Waals surface area (Å²) in [7, 11) is 0. The van der Waals surface area contributed by atoms with Gasteiger partial charge >= 0.3 is 0 Å². The minimum Gasteiger partial charge on any atom is -0.259 e. The molecule has 0 fully saturated rings. The lowest BCUT2D eigenvalue weighted by molar-refractivity contribution is -0.402. The first-order valence-corrected chi connectivity index (χ1v) is 4.79. The number of hydrogen-bond donors (Lipinski definition) is 0. The monoisotopic (exact) mass is 195 g/mol. The Morgan fingerprint density at radius 3 is 2.69 bits per heavy atom. The Morgan fingerprint density at radius 2 is 2.08 bits per heavy atom. The molecule has 1 aromatic carbocycles. The quantitative estimate of drug-likeness (QED) is 0.548. The summed E-state index contributed by atoms with van der Waals surface area (Å²) < 4.78 is 0. The van der Waals surface area contributed by atoms with Gasteiger partial charge in [0.2, 0.25) is 6.20 Å². The van der Waals surface area contributed by atoms with Crippen LogP contribution < -0.4 is 0 Å². The van der Waals surface area contributed by atoms with E-state index in [1.165, 1.54) is 22.7 Å². The van der Waals surface area contributed by atoms with Crippen molar-refractivity contribution >= 4 is 11.8 Å². The van der Waals surface area contributed by atoms with Gasteiger partial charge in [-0.3, -0.25) is 10.1 Å². The standard InChI is InChI=1S/C9H9NO2S/c11-10(12)6-7-13-8-9-4-2-1-3-5-9/h1-7H,8H2/b7-6+. The van der Waals surface area contributed by atoms with Gasteiger partial charge in [-0.25, -0.2) is 0 Å². The van der Waals surface area contributed by atoms with Crippen molar-refractivity contribution in [2.45, 2.75) is 5.75 Å². The van der Waals surface area contributed by atoms with Crippen LogP contribution in [-0.4, -0.2) is 4.92 Å². The largest absolute Gasteiger partial charge is 0.259 e. The zero-order valence-electron chi connectivity index (χ0n) is 6.92. The van der Waals surface area contributed by atoms with Crippen LogP contribution >= 0.6 is 11.8 Å². The molecule has 68 valence electrons. The molecular formula is C9H9NO2S. The van der Waals surface area contributed by atoms with E-state index < -0.39 is 4.92 Å². The molecule has 0 aromatic heterocycles. The molecule has 0 amide bonds. The van der Waals surface area contributed by atoms with Crippen LogP contribution in [0, 0.1) is 10.1 Å². The van der Waals surface area contributed by atoms with E-state index in [9.17, 15) is 10.1 Å². The Kier molecular flexibility index (Phi) is 4.05. The first-order valence-electron chi connectivity index (χ1n) is 3.75. The lowest BCUT2D eigenvalue weighted by Crippen LogP contribution is -1.81. The number of nitrogens with zero attached hydrogens (tertiary/aromatic N) is 1. The van der Waals surface area contributed by atoms with Crippen molar-refractivity contribution in [3.05, 3.63) is 57.6 Å². The summed E-state index contributed by atoms with van der Waals surface area (Å²) in [6.45, 7) is 0. The molecule has 0 aliphatic heterocycles. The highest BCUT2D eigenvalue weighted by Crippen LogP contribution is 2.12. The second-order valence-corrected chi connectivity index (χ2v) is 3.26. The number of rotatable bonds is 4. The third-order valence-corrected chi connectivity index (χ3v) is 2.19. The molecule has 0 heterocycles. The van der Waals surface area contributed by atoms with Crippen LogP contribution in [-0.2, 0) is 5.75 Å². The van der Waals surface area contributed by atoms with E-state index in [0.29, 0.717) is 0 Å². The summed E-state index contributed by atoms with van der Waals surface area (Å²) in [5.41, 5.74) is 1.17. The number of hydrogen-bond acceptors (Lipinski definition) is 3. The Balaban J connectivity index is 2.32. The van der Waals surface area contributed by atoms with Crippen molar-refractivity contribution in [1.82, 2.24) is 0 Å². The Morgan fingerprint density at radius 1 is 1.38 bits per heavy atom. The lowest BCUT2D eigenvalue weighted by atomic mass is 10.2. The normalized spacial score (nSPS) is 10.5. The van der Waals surface area contributed by atoms with Gasteiger partial charge in [-0.1, -0.05) is 30.3 Å². The van der Waals surface area contributed by atoms with Gasteiger partial charge in [0.25, 0.3) is 0 Å². The van der Waals surface area contributed by atoms with Crippen LogP contribution in [0.25, 0.3) is 0 Å². The van der Waals surface area contributed by atoms with Crippen LogP contribution in [0.5, 0.6) is 0 Å². The molecule has 13 heavy (non-hydrogen) atoms. The average molecular weight is 195 g/mol. The van der Waals surface area contributed by atoms with E-state index in [0.717, 1.165) is 12.0 Å². The molecule has 0 saturated heterocycles. The molecule has 1 rings (SSSR count). The molecule has 0 spiro atoms. The highest BCUT2D eigenvalue weighted by molar-refractivity contribution is 8.01. The van der Waals surface area contributed by atoms with Crippen molar-refractivity contribution in [2.24, 2.45) is 0 Å². The third-order valence-electron chi connectivity index (χ3n) is 1.37. The van der Waals surface area contributed by atoms with Crippen LogP contribution in [0.2, 0.25) is 0 Å². The zero-order chi connectivity index (χ0) is 9.52. The van der Waals surface area contributed by atoms with Crippen molar-refractivity contribution in [3.8, 4) is 0 Å². The molecule has 0 atom stereocenters. The molecule has 0 aliphatic rings. The minimum absolute atomic E-state index is 0.460. The van der Waals surface area contributed by atoms with Gasteiger partial charge in [0.15, 0.2) is 0 Å². The maximum Gasteiger partial charge on any atom is 0.240 e. The molecule has 0 saturated carbocycles. The summed E-state index contributed by atoms with van der Waals surface area (Å²) in [6.07, 6.45) is 0.952. The maximum atomic E-state index is 9.92. The number of thioether (sulfide) groups is 1. The smallest absolute Gasteiger partial charge is 0.240 e. The van der Waals surface area contributed by atoms with Crippen LogP contribution in [0.4, 0.5) is 0 Å². The van der Waals surface area contributed by atoms with Gasteiger partial charge in [-0.15, -0.1) is 11.8 Å². The fourth-order valence-electron chi connectivity index (χ4n) is 0.811. The molecular weight excluding hydrogens is 186 g/mol. The Hall–Kier alpha value is -1.29. The van der Waals surface area contributed by atoms with Gasteiger partial charge < -0.3 is 0 Å². The number of benzene rings is 1. The molecule has 3 nitrogen and oxygen atoms in total. The Bertz CT molecular complexity index is 298. The van der Waals surface area contributed by atoms with E-state index in [4.69, 9.17) is 0 Å². The SMILES string of the molecule is O=[N+]([O-])/C=C/SCc1ccccc1. The predicted octanol–water partition coefficient (Wildman–Crippen LogP) is 2.67. The van der Waals surface area contributed by atoms with Crippen molar-refractivity contribution in [1.29, 1.82) is 0 Å². The molecule has 0 unspecified atom stereocenters. The van der Waals surface area contributed by atoms with E-state index in [-0.39, 0.29) is 0 Å². The van der Waals surface area contributed by atoms with Gasteiger partial charge in [-0.05, 0) is 5.56 Å². The summed E-state index contributed by atoms with van der Waals surface area (Å²) >= 11 is 1.41. The van der Waals surface area contributed by atoms with Crippen molar-refractivity contribution in [3.63, 3.8) is 0 Å². The van der Waals surface area contributed by atoms with E-state index in [2.05, 4.69) is 0 Å². The van der Waals surface area contributed by atoms with E-state index >= 15 is 0 Å². The van der Waals surface area contributed by atoms with Gasteiger partial charge in [0.05, 0.1) is 4.92 Å². The number of nitro groups is 1. The van der Waals surface area contributed by atoms with Gasteiger partial charge in [-0.2, -0.15) is 0 Å². The third kappa shape index (κ3) is 4.32. The molecule has 0 bridgehead atoms. The second-order valence-electron chi connectivity index (χ2n) is 2.37. The zero-order valence-corrected chi connectivity index (χ0v) is 7.74. The average Bonchev–Trinajstić information content (AvgIpc) is 2.14. The summed E-state index contributed by atoms with van der Waals surface area (Å²) in [6, 6.07) is 9.83. The second kappa shape index (κ2) is 5.37. The topological polar surface area (TPSA) is 43.1 Å². The lowest BCUT2D eigenvalue weighted by Gasteiger charge is -1.94. The first kappa shape index (κ1) is 9.80. The summed E-state index contributed by atoms with van der Waals surface area (Å²) in [4.78, 5) is 9.46. The molecule has 0 aliphatic carbocycles. The van der Waals surface area contributed by atoms with Crippen molar-refractivity contribution < 1.29 is 4.92 Å². The molecule has 4 heteroatoms. The fraction of sp³-hybridized carbons (Fsp3) is 0.111. The maximum absolute atomic E-state index is 9.92. The van der Waals surface area contributed by atoms with Crippen LogP contribution in [0.1, 0.15) is 5.56 Å². The molecule has 0 radical (unpaired) electrons. The van der Waals surface area contributed by atoms with E-state index in [1.54, 1.807) is 0 Å². The highest BCUT2D eigenvalue weighted by Gasteiger charge is 1.90. The summed E-state index contributed by atoms with van der Waals surface area (Å²) in [5.74, 6) is 0.769. The Labute approximate surface area is 80.6 Å². The van der Waals surface area contributed by atoms with E-state index in [1.807, 2.05) is 30.3 Å².